The summed E-state index contributed by atoms with van der Waals surface area (Å²) in [4.78, 5) is 29.8. The number of imide groups is 1. The number of hydrogen-bond donors (Lipinski definition) is 1. The molecule has 1 atom stereocenters. The molecule has 1 N–H and O–H groups in total. The lowest BCUT2D eigenvalue weighted by Gasteiger charge is -2.32. The zero-order valence-corrected chi connectivity index (χ0v) is 18.9. The number of urea groups is 1. The third-order valence-corrected chi connectivity index (χ3v) is 6.43. The van der Waals surface area contributed by atoms with Crippen molar-refractivity contribution in [3.63, 3.8) is 0 Å². The van der Waals surface area contributed by atoms with Crippen molar-refractivity contribution in [2.75, 3.05) is 34.5 Å². The second-order valence-electron chi connectivity index (χ2n) is 8.07. The number of carbonyl (C=O) groups is 2. The van der Waals surface area contributed by atoms with E-state index in [1.165, 1.54) is 10.5 Å². The minimum absolute atomic E-state index is 0.228. The summed E-state index contributed by atoms with van der Waals surface area (Å²) in [5.41, 5.74) is 1.99. The topological polar surface area (TPSA) is 80.3 Å². The highest BCUT2D eigenvalue weighted by Crippen LogP contribution is 2.35. The average Bonchev–Trinajstić information content (AvgIpc) is 3.08. The summed E-state index contributed by atoms with van der Waals surface area (Å²) >= 11 is 0. The van der Waals surface area contributed by atoms with Gasteiger partial charge in [0.05, 0.1) is 28.0 Å². The van der Waals surface area contributed by atoms with E-state index in [-0.39, 0.29) is 18.6 Å². The van der Waals surface area contributed by atoms with Crippen LogP contribution in [0.25, 0.3) is 0 Å². The number of benzene rings is 2. The first-order valence-corrected chi connectivity index (χ1v) is 10.7. The molecule has 2 heterocycles. The number of rotatable bonds is 7. The fourth-order valence-corrected chi connectivity index (χ4v) is 4.53. The van der Waals surface area contributed by atoms with Gasteiger partial charge in [-0.1, -0.05) is 19.1 Å². The van der Waals surface area contributed by atoms with E-state index >= 15 is 0 Å². The Morgan fingerprint density at radius 1 is 0.969 bits per heavy atom. The van der Waals surface area contributed by atoms with Gasteiger partial charge < -0.3 is 19.5 Å². The summed E-state index contributed by atoms with van der Waals surface area (Å²) in [5.74, 6) is 1.86. The van der Waals surface area contributed by atoms with Crippen LogP contribution in [0, 0.1) is 0 Å². The SMILES string of the molecule is CCC1(c2ccc(OC)cc2)NC(=O)N(CN2CCc3cc(OC)c(OC)cc3C2)C1=O. The molecule has 2 aliphatic rings. The maximum Gasteiger partial charge on any atom is 0.326 e. The summed E-state index contributed by atoms with van der Waals surface area (Å²) in [6, 6.07) is 10.9. The molecule has 2 aromatic rings. The average molecular weight is 440 g/mol. The molecule has 0 saturated carbocycles. The van der Waals surface area contributed by atoms with Gasteiger partial charge in [0.2, 0.25) is 0 Å². The molecule has 0 radical (unpaired) electrons. The molecular formula is C24H29N3O5. The van der Waals surface area contributed by atoms with Gasteiger partial charge in [-0.2, -0.15) is 0 Å². The Kier molecular flexibility index (Phi) is 5.97. The molecule has 0 spiro atoms. The molecular weight excluding hydrogens is 410 g/mol. The third-order valence-electron chi connectivity index (χ3n) is 6.43. The molecule has 8 heteroatoms. The first kappa shape index (κ1) is 22.0. The molecule has 2 aromatic carbocycles. The number of carbonyl (C=O) groups excluding carboxylic acids is 2. The monoisotopic (exact) mass is 439 g/mol. The van der Waals surface area contributed by atoms with Crippen LogP contribution in [0.5, 0.6) is 17.2 Å². The van der Waals surface area contributed by atoms with Crippen molar-refractivity contribution < 1.29 is 23.8 Å². The van der Waals surface area contributed by atoms with Gasteiger partial charge in [-0.3, -0.25) is 9.69 Å². The van der Waals surface area contributed by atoms with Crippen LogP contribution in [0.4, 0.5) is 4.79 Å². The predicted molar refractivity (Wildman–Crippen MR) is 119 cm³/mol. The van der Waals surface area contributed by atoms with E-state index in [0.29, 0.717) is 30.2 Å². The van der Waals surface area contributed by atoms with E-state index in [1.54, 1.807) is 33.5 Å². The maximum absolute atomic E-state index is 13.5. The van der Waals surface area contributed by atoms with E-state index < -0.39 is 5.54 Å². The molecule has 0 aliphatic carbocycles. The van der Waals surface area contributed by atoms with E-state index in [9.17, 15) is 9.59 Å². The fourth-order valence-electron chi connectivity index (χ4n) is 4.53. The van der Waals surface area contributed by atoms with E-state index in [0.717, 1.165) is 24.1 Å². The van der Waals surface area contributed by atoms with Gasteiger partial charge in [-0.25, -0.2) is 9.69 Å². The lowest BCUT2D eigenvalue weighted by molar-refractivity contribution is -0.133. The molecule has 0 aromatic heterocycles. The molecule has 3 amide bonds. The van der Waals surface area contributed by atoms with Gasteiger partial charge in [0.25, 0.3) is 5.91 Å². The van der Waals surface area contributed by atoms with Crippen LogP contribution in [0.2, 0.25) is 0 Å². The number of nitrogens with one attached hydrogen (secondary N) is 1. The number of hydrogen-bond acceptors (Lipinski definition) is 6. The molecule has 170 valence electrons. The number of amides is 3. The molecule has 8 nitrogen and oxygen atoms in total. The fraction of sp³-hybridized carbons (Fsp3) is 0.417. The first-order chi connectivity index (χ1) is 15.4. The Labute approximate surface area is 188 Å². The molecule has 4 rings (SSSR count). The van der Waals surface area contributed by atoms with Crippen molar-refractivity contribution in [3.05, 3.63) is 53.1 Å². The van der Waals surface area contributed by atoms with Crippen molar-refractivity contribution in [1.29, 1.82) is 0 Å². The van der Waals surface area contributed by atoms with Crippen molar-refractivity contribution in [2.24, 2.45) is 0 Å². The first-order valence-electron chi connectivity index (χ1n) is 10.7. The summed E-state index contributed by atoms with van der Waals surface area (Å²) in [7, 11) is 4.83. The van der Waals surface area contributed by atoms with Gasteiger partial charge in [-0.05, 0) is 53.8 Å². The van der Waals surface area contributed by atoms with Crippen LogP contribution in [0.3, 0.4) is 0 Å². The minimum atomic E-state index is -1.06. The summed E-state index contributed by atoms with van der Waals surface area (Å²) in [6.07, 6.45) is 1.26. The lowest BCUT2D eigenvalue weighted by atomic mass is 9.87. The van der Waals surface area contributed by atoms with E-state index in [2.05, 4.69) is 10.2 Å². The Morgan fingerprint density at radius 3 is 2.22 bits per heavy atom. The van der Waals surface area contributed by atoms with Crippen molar-refractivity contribution >= 4 is 11.9 Å². The zero-order valence-electron chi connectivity index (χ0n) is 18.9. The zero-order chi connectivity index (χ0) is 22.9. The van der Waals surface area contributed by atoms with Crippen molar-refractivity contribution in [2.45, 2.75) is 31.8 Å². The molecule has 0 bridgehead atoms. The highest BCUT2D eigenvalue weighted by atomic mass is 16.5. The predicted octanol–water partition coefficient (Wildman–Crippen LogP) is 2.89. The highest BCUT2D eigenvalue weighted by molar-refractivity contribution is 6.07. The van der Waals surface area contributed by atoms with Gasteiger partial charge in [0.1, 0.15) is 11.3 Å². The lowest BCUT2D eigenvalue weighted by Crippen LogP contribution is -2.46. The Morgan fingerprint density at radius 2 is 1.62 bits per heavy atom. The molecule has 32 heavy (non-hydrogen) atoms. The van der Waals surface area contributed by atoms with Crippen LogP contribution < -0.4 is 19.5 Å². The quantitative estimate of drug-likeness (QED) is 0.669. The largest absolute Gasteiger partial charge is 0.497 e. The molecule has 1 saturated heterocycles. The smallest absolute Gasteiger partial charge is 0.326 e. The normalized spacial score (nSPS) is 20.7. The van der Waals surface area contributed by atoms with Crippen LogP contribution in [-0.2, 0) is 23.3 Å². The second-order valence-corrected chi connectivity index (χ2v) is 8.07. The van der Waals surface area contributed by atoms with E-state index in [4.69, 9.17) is 14.2 Å². The van der Waals surface area contributed by atoms with Gasteiger partial charge in [-0.15, -0.1) is 0 Å². The van der Waals surface area contributed by atoms with Gasteiger partial charge in [0.15, 0.2) is 11.5 Å². The summed E-state index contributed by atoms with van der Waals surface area (Å²) in [6.45, 7) is 3.49. The second kappa shape index (κ2) is 8.70. The van der Waals surface area contributed by atoms with Crippen LogP contribution in [0.15, 0.2) is 36.4 Å². The van der Waals surface area contributed by atoms with Gasteiger partial charge >= 0.3 is 6.03 Å². The summed E-state index contributed by atoms with van der Waals surface area (Å²) in [5, 5.41) is 2.95. The van der Waals surface area contributed by atoms with E-state index in [1.807, 2.05) is 31.2 Å². The van der Waals surface area contributed by atoms with Gasteiger partial charge in [0, 0.05) is 13.1 Å². The van der Waals surface area contributed by atoms with Crippen molar-refractivity contribution in [1.82, 2.24) is 15.1 Å². The standard InChI is InChI=1S/C24H29N3O5/c1-5-24(18-6-8-19(30-2)9-7-18)22(28)27(23(29)25-24)15-26-11-10-16-12-20(31-3)21(32-4)13-17(16)14-26/h6-9,12-13H,5,10-11,14-15H2,1-4H3,(H,25,29). The Hall–Kier alpha value is -3.26. The molecule has 2 aliphatic heterocycles. The van der Waals surface area contributed by atoms with Crippen molar-refractivity contribution in [3.8, 4) is 17.2 Å². The van der Waals surface area contributed by atoms with Crippen LogP contribution in [-0.4, -0.2) is 56.3 Å². The Bertz CT molecular complexity index is 1020. The highest BCUT2D eigenvalue weighted by Gasteiger charge is 2.51. The maximum atomic E-state index is 13.5. The number of nitrogens with zero attached hydrogens (tertiary/aromatic N) is 2. The third kappa shape index (κ3) is 3.64. The minimum Gasteiger partial charge on any atom is -0.497 e. The molecule has 1 fully saturated rings. The number of fused-ring (bicyclic) bond motifs is 1. The van der Waals surface area contributed by atoms with Crippen LogP contribution in [0.1, 0.15) is 30.0 Å². The number of methoxy groups -OCH3 is 3. The Balaban J connectivity index is 1.54. The van der Waals surface area contributed by atoms with Crippen LogP contribution >= 0.6 is 0 Å². The number of ether oxygens (including phenoxy) is 3. The molecule has 1 unspecified atom stereocenters. The summed E-state index contributed by atoms with van der Waals surface area (Å²) < 4.78 is 16.1.